The smallest absolute Gasteiger partial charge is 0.303 e. The van der Waals surface area contributed by atoms with Gasteiger partial charge in [0.25, 0.3) is 0 Å². The lowest BCUT2D eigenvalue weighted by Gasteiger charge is -2.45. The van der Waals surface area contributed by atoms with Gasteiger partial charge in [-0.1, -0.05) is 32.6 Å². The van der Waals surface area contributed by atoms with Crippen LogP contribution in [0.5, 0.6) is 0 Å². The summed E-state index contributed by atoms with van der Waals surface area (Å²) < 4.78 is 18.2. The van der Waals surface area contributed by atoms with Crippen LogP contribution >= 0.6 is 0 Å². The number of hydrogen-bond donors (Lipinski definition) is 0. The molecule has 5 heteroatoms. The van der Waals surface area contributed by atoms with Gasteiger partial charge in [0.2, 0.25) is 0 Å². The third-order valence-corrected chi connectivity index (χ3v) is 7.22. The molecule has 0 N–H and O–H groups in total. The van der Waals surface area contributed by atoms with E-state index in [2.05, 4.69) is 27.0 Å². The predicted molar refractivity (Wildman–Crippen MR) is 111 cm³/mol. The van der Waals surface area contributed by atoms with Crippen molar-refractivity contribution in [3.63, 3.8) is 0 Å². The highest BCUT2D eigenvalue weighted by Crippen LogP contribution is 2.55. The Morgan fingerprint density at radius 2 is 1.83 bits per heavy atom. The second-order valence-corrected chi connectivity index (χ2v) is 9.71. The Balaban J connectivity index is 2.03. The quantitative estimate of drug-likeness (QED) is 0.508. The van der Waals surface area contributed by atoms with Gasteiger partial charge in [0.1, 0.15) is 17.8 Å². The van der Waals surface area contributed by atoms with Crippen LogP contribution < -0.4 is 0 Å². The van der Waals surface area contributed by atoms with Gasteiger partial charge >= 0.3 is 11.9 Å². The summed E-state index contributed by atoms with van der Waals surface area (Å²) in [6.07, 6.45) is 3.20. The van der Waals surface area contributed by atoms with E-state index >= 15 is 0 Å². The fourth-order valence-corrected chi connectivity index (χ4v) is 5.97. The Bertz CT molecular complexity index is 695. The van der Waals surface area contributed by atoms with Gasteiger partial charge in [-0.3, -0.25) is 9.59 Å². The van der Waals surface area contributed by atoms with E-state index in [0.29, 0.717) is 31.1 Å². The minimum absolute atomic E-state index is 0.0717. The summed E-state index contributed by atoms with van der Waals surface area (Å²) >= 11 is 0. The maximum absolute atomic E-state index is 12.0. The molecule has 0 aromatic carbocycles. The molecule has 7 atom stereocenters. The van der Waals surface area contributed by atoms with E-state index in [1.807, 2.05) is 6.92 Å². The molecule has 0 radical (unpaired) electrons. The van der Waals surface area contributed by atoms with Gasteiger partial charge in [0.05, 0.1) is 6.10 Å². The average molecular weight is 405 g/mol. The molecule has 0 spiro atoms. The first-order chi connectivity index (χ1) is 13.5. The molecule has 1 aliphatic carbocycles. The number of fused-ring (bicyclic) bond motifs is 5. The molecule has 0 amide bonds. The second kappa shape index (κ2) is 8.25. The fraction of sp³-hybridized carbons (Fsp3) is 0.750. The van der Waals surface area contributed by atoms with Crippen LogP contribution in [0.4, 0.5) is 0 Å². The van der Waals surface area contributed by atoms with E-state index < -0.39 is 5.60 Å². The highest BCUT2D eigenvalue weighted by atomic mass is 16.6. The van der Waals surface area contributed by atoms with Crippen molar-refractivity contribution in [1.82, 2.24) is 0 Å². The Morgan fingerprint density at radius 3 is 2.41 bits per heavy atom. The standard InChI is InChI=1S/C24H36O5/c1-13(2)18-9-8-14(3)21-20-12-15(4)19(27-16(5)25)10-11-24(7,29-17(6)26)23(28-20)22(18)21/h13,18-23H,3-4,8-12H2,1-2,5-7H3/t18-,19+,20-,21-,22-,23-,24-/m1/s1. The molecular weight excluding hydrogens is 368 g/mol. The van der Waals surface area contributed by atoms with E-state index in [9.17, 15) is 9.59 Å². The summed E-state index contributed by atoms with van der Waals surface area (Å²) in [7, 11) is 0. The third-order valence-electron chi connectivity index (χ3n) is 7.22. The SMILES string of the molecule is C=C1CC[C@H](C(C)C)[C@@H]2[C@H]1[C@H]1CC(=C)[C@@H](OC(C)=O)CC[C@@](C)(OC(C)=O)[C@@H]2O1. The van der Waals surface area contributed by atoms with Crippen LogP contribution in [0.3, 0.4) is 0 Å². The summed E-state index contributed by atoms with van der Waals surface area (Å²) in [5.74, 6) is 0.853. The Hall–Kier alpha value is -1.62. The molecular formula is C24H36O5. The summed E-state index contributed by atoms with van der Waals surface area (Å²) in [4.78, 5) is 23.7. The molecule has 1 saturated carbocycles. The summed E-state index contributed by atoms with van der Waals surface area (Å²) in [5, 5.41) is 0. The Morgan fingerprint density at radius 1 is 1.14 bits per heavy atom. The normalized spacial score (nSPS) is 39.9. The van der Waals surface area contributed by atoms with Crippen molar-refractivity contribution in [2.75, 3.05) is 0 Å². The first kappa shape index (κ1) is 22.1. The monoisotopic (exact) mass is 404 g/mol. The topological polar surface area (TPSA) is 61.8 Å². The van der Waals surface area contributed by atoms with Crippen LogP contribution in [0.2, 0.25) is 0 Å². The second-order valence-electron chi connectivity index (χ2n) is 9.71. The van der Waals surface area contributed by atoms with Gasteiger partial charge in [-0.2, -0.15) is 0 Å². The zero-order chi connectivity index (χ0) is 21.5. The third kappa shape index (κ3) is 4.30. The lowest BCUT2D eigenvalue weighted by atomic mass is 9.61. The van der Waals surface area contributed by atoms with Gasteiger partial charge < -0.3 is 14.2 Å². The highest BCUT2D eigenvalue weighted by Gasteiger charge is 2.58. The first-order valence-corrected chi connectivity index (χ1v) is 10.9. The van der Waals surface area contributed by atoms with Crippen molar-refractivity contribution >= 4 is 11.9 Å². The summed E-state index contributed by atoms with van der Waals surface area (Å²) in [5.41, 5.74) is 1.32. The van der Waals surface area contributed by atoms with Crippen LogP contribution in [0, 0.1) is 23.7 Å². The fourth-order valence-electron chi connectivity index (χ4n) is 5.97. The zero-order valence-electron chi connectivity index (χ0n) is 18.5. The molecule has 0 aromatic rings. The van der Waals surface area contributed by atoms with Crippen molar-refractivity contribution in [3.8, 4) is 0 Å². The first-order valence-electron chi connectivity index (χ1n) is 10.9. The molecule has 2 heterocycles. The predicted octanol–water partition coefficient (Wildman–Crippen LogP) is 4.60. The Labute approximate surface area is 174 Å². The maximum atomic E-state index is 12.0. The van der Waals surface area contributed by atoms with Crippen LogP contribution in [0.25, 0.3) is 0 Å². The van der Waals surface area contributed by atoms with E-state index in [-0.39, 0.29) is 42.1 Å². The van der Waals surface area contributed by atoms with Gasteiger partial charge in [0.15, 0.2) is 0 Å². The molecule has 29 heavy (non-hydrogen) atoms. The van der Waals surface area contributed by atoms with Crippen molar-refractivity contribution in [2.24, 2.45) is 23.7 Å². The number of carbonyl (C=O) groups is 2. The molecule has 3 aliphatic rings. The largest absolute Gasteiger partial charge is 0.458 e. The van der Waals surface area contributed by atoms with E-state index in [1.54, 1.807) is 0 Å². The van der Waals surface area contributed by atoms with Crippen molar-refractivity contribution in [1.29, 1.82) is 0 Å². The van der Waals surface area contributed by atoms with Crippen molar-refractivity contribution in [2.45, 2.75) is 90.6 Å². The van der Waals surface area contributed by atoms with E-state index in [4.69, 9.17) is 14.2 Å². The molecule has 162 valence electrons. The van der Waals surface area contributed by atoms with Gasteiger partial charge in [0, 0.05) is 25.7 Å². The molecule has 2 bridgehead atoms. The minimum Gasteiger partial charge on any atom is -0.458 e. The number of esters is 2. The molecule has 5 nitrogen and oxygen atoms in total. The number of ether oxygens (including phenoxy) is 3. The van der Waals surface area contributed by atoms with Gasteiger partial charge in [-0.05, 0) is 56.4 Å². The molecule has 3 rings (SSSR count). The van der Waals surface area contributed by atoms with Crippen LogP contribution in [-0.4, -0.2) is 35.9 Å². The number of carbonyl (C=O) groups excluding carboxylic acids is 2. The Kier molecular flexibility index (Phi) is 6.28. The average Bonchev–Trinajstić information content (AvgIpc) is 2.99. The molecule has 0 unspecified atom stereocenters. The number of rotatable bonds is 3. The lowest BCUT2D eigenvalue weighted by molar-refractivity contribution is -0.179. The summed E-state index contributed by atoms with van der Waals surface area (Å²) in [6, 6.07) is 0. The van der Waals surface area contributed by atoms with Crippen LogP contribution in [-0.2, 0) is 23.8 Å². The van der Waals surface area contributed by atoms with Gasteiger partial charge in [-0.15, -0.1) is 0 Å². The van der Waals surface area contributed by atoms with Crippen molar-refractivity contribution in [3.05, 3.63) is 24.3 Å². The minimum atomic E-state index is -0.780. The number of hydrogen-bond acceptors (Lipinski definition) is 5. The van der Waals surface area contributed by atoms with E-state index in [0.717, 1.165) is 18.4 Å². The van der Waals surface area contributed by atoms with Crippen molar-refractivity contribution < 1.29 is 23.8 Å². The molecule has 0 aromatic heterocycles. The molecule has 3 fully saturated rings. The summed E-state index contributed by atoms with van der Waals surface area (Å²) in [6.45, 7) is 18.0. The molecule has 2 saturated heterocycles. The maximum Gasteiger partial charge on any atom is 0.303 e. The lowest BCUT2D eigenvalue weighted by Crippen LogP contribution is -2.50. The highest BCUT2D eigenvalue weighted by molar-refractivity contribution is 5.67. The van der Waals surface area contributed by atoms with Crippen LogP contribution in [0.1, 0.15) is 66.7 Å². The van der Waals surface area contributed by atoms with Crippen LogP contribution in [0.15, 0.2) is 24.3 Å². The molecule has 2 aliphatic heterocycles. The van der Waals surface area contributed by atoms with E-state index in [1.165, 1.54) is 19.4 Å². The van der Waals surface area contributed by atoms with Gasteiger partial charge in [-0.25, -0.2) is 0 Å². The zero-order valence-corrected chi connectivity index (χ0v) is 18.5.